The van der Waals surface area contributed by atoms with Gasteiger partial charge in [-0.2, -0.15) is 0 Å². The maximum atomic E-state index is 12.9. The zero-order valence-corrected chi connectivity index (χ0v) is 22.5. The number of likely N-dealkylation sites (N-methyl/N-ethyl adjacent to an activating group) is 1. The molecular weight excluding hydrogens is 480 g/mol. The zero-order valence-electron chi connectivity index (χ0n) is 22.5. The number of piperazine rings is 2. The lowest BCUT2D eigenvalue weighted by Crippen LogP contribution is -2.50. The Morgan fingerprint density at radius 3 is 2.18 bits per heavy atom. The summed E-state index contributed by atoms with van der Waals surface area (Å²) >= 11 is 0. The summed E-state index contributed by atoms with van der Waals surface area (Å²) in [6, 6.07) is 20.7. The molecule has 0 saturated carbocycles. The molecule has 3 aromatic rings. The summed E-state index contributed by atoms with van der Waals surface area (Å²) in [6.07, 6.45) is 0. The number of para-hydroxylation sites is 2. The van der Waals surface area contributed by atoms with Crippen molar-refractivity contribution in [3.63, 3.8) is 0 Å². The third-order valence-electron chi connectivity index (χ3n) is 7.18. The van der Waals surface area contributed by atoms with Crippen LogP contribution in [0.15, 0.2) is 60.7 Å². The van der Waals surface area contributed by atoms with Crippen molar-refractivity contribution in [3.8, 4) is 11.5 Å². The molecule has 2 aliphatic heterocycles. The molecule has 8 heteroatoms. The van der Waals surface area contributed by atoms with Gasteiger partial charge in [0.25, 0.3) is 5.91 Å². The first-order chi connectivity index (χ1) is 18.6. The van der Waals surface area contributed by atoms with Crippen LogP contribution in [0.4, 0.5) is 11.4 Å². The normalized spacial score (nSPS) is 16.1. The molecule has 0 atom stereocenters. The predicted octanol–water partition coefficient (Wildman–Crippen LogP) is 3.53. The fraction of sp³-hybridized carbons (Fsp3) is 0.400. The van der Waals surface area contributed by atoms with E-state index in [-0.39, 0.29) is 12.5 Å². The molecule has 2 aliphatic rings. The first kappa shape index (κ1) is 27.3. The van der Waals surface area contributed by atoms with Crippen LogP contribution in [0.2, 0.25) is 0 Å². The van der Waals surface area contributed by atoms with Gasteiger partial charge in [-0.05, 0) is 49.7 Å². The smallest absolute Gasteiger partial charge is 0.260 e. The van der Waals surface area contributed by atoms with Gasteiger partial charge in [0.1, 0.15) is 18.3 Å². The van der Waals surface area contributed by atoms with E-state index in [1.807, 2.05) is 42.9 Å². The number of hydrogen-bond donors (Lipinski definition) is 0. The van der Waals surface area contributed by atoms with Crippen LogP contribution in [-0.4, -0.2) is 95.1 Å². The Kier molecular flexibility index (Phi) is 9.43. The van der Waals surface area contributed by atoms with Gasteiger partial charge in [-0.1, -0.05) is 30.3 Å². The summed E-state index contributed by atoms with van der Waals surface area (Å²) in [4.78, 5) is 29.9. The summed E-state index contributed by atoms with van der Waals surface area (Å²) in [5, 5.41) is 2.36. The van der Waals surface area contributed by atoms with Gasteiger partial charge in [0, 0.05) is 63.4 Å². The van der Waals surface area contributed by atoms with Gasteiger partial charge in [-0.15, -0.1) is 0 Å². The number of ether oxygens (including phenoxy) is 2. The minimum Gasteiger partial charge on any atom is -0.492 e. The SMILES string of the molecule is C=O.CCOc1ccccc1N1CCN(C(=O)COc2ccc3cccc(N4CCN(C)CC4)c3c2)CC1. The molecule has 0 unspecified atom stereocenters. The number of hydrogen-bond acceptors (Lipinski definition) is 7. The molecule has 0 radical (unpaired) electrons. The van der Waals surface area contributed by atoms with Crippen molar-refractivity contribution in [3.05, 3.63) is 60.7 Å². The Hall–Kier alpha value is -3.78. The van der Waals surface area contributed by atoms with Gasteiger partial charge in [0.15, 0.2) is 6.61 Å². The van der Waals surface area contributed by atoms with Crippen LogP contribution >= 0.6 is 0 Å². The lowest BCUT2D eigenvalue weighted by atomic mass is 10.1. The first-order valence-electron chi connectivity index (χ1n) is 13.2. The van der Waals surface area contributed by atoms with E-state index in [0.717, 1.165) is 56.5 Å². The van der Waals surface area contributed by atoms with Crippen LogP contribution in [0.3, 0.4) is 0 Å². The minimum atomic E-state index is 0.0280. The number of nitrogens with zero attached hydrogens (tertiary/aromatic N) is 4. The summed E-state index contributed by atoms with van der Waals surface area (Å²) < 4.78 is 11.8. The number of amides is 1. The summed E-state index contributed by atoms with van der Waals surface area (Å²) in [7, 11) is 2.17. The van der Waals surface area contributed by atoms with Crippen molar-refractivity contribution in [2.45, 2.75) is 6.92 Å². The minimum absolute atomic E-state index is 0.0280. The van der Waals surface area contributed by atoms with Crippen LogP contribution < -0.4 is 19.3 Å². The first-order valence-corrected chi connectivity index (χ1v) is 13.2. The quantitative estimate of drug-likeness (QED) is 0.474. The highest BCUT2D eigenvalue weighted by Crippen LogP contribution is 2.31. The summed E-state index contributed by atoms with van der Waals surface area (Å²) in [5.41, 5.74) is 2.33. The van der Waals surface area contributed by atoms with E-state index < -0.39 is 0 Å². The number of carbonyl (C=O) groups is 2. The fourth-order valence-electron chi connectivity index (χ4n) is 5.08. The van der Waals surface area contributed by atoms with E-state index >= 15 is 0 Å². The molecule has 1 amide bonds. The highest BCUT2D eigenvalue weighted by atomic mass is 16.5. The van der Waals surface area contributed by atoms with Crippen molar-refractivity contribution < 1.29 is 19.1 Å². The van der Waals surface area contributed by atoms with Gasteiger partial charge in [-0.3, -0.25) is 4.79 Å². The Morgan fingerprint density at radius 2 is 1.45 bits per heavy atom. The molecule has 2 saturated heterocycles. The zero-order chi connectivity index (χ0) is 26.9. The highest BCUT2D eigenvalue weighted by molar-refractivity contribution is 5.95. The van der Waals surface area contributed by atoms with Gasteiger partial charge >= 0.3 is 0 Å². The largest absolute Gasteiger partial charge is 0.492 e. The van der Waals surface area contributed by atoms with E-state index in [1.165, 1.54) is 16.5 Å². The number of carbonyl (C=O) groups excluding carboxylic acids is 2. The second kappa shape index (κ2) is 13.1. The van der Waals surface area contributed by atoms with Crippen LogP contribution in [0.5, 0.6) is 11.5 Å². The molecule has 2 fully saturated rings. The molecular formula is C30H38N4O4. The average molecular weight is 519 g/mol. The number of fused-ring (bicyclic) bond motifs is 1. The van der Waals surface area contributed by atoms with Gasteiger partial charge in [0.2, 0.25) is 0 Å². The predicted molar refractivity (Wildman–Crippen MR) is 153 cm³/mol. The average Bonchev–Trinajstić information content (AvgIpc) is 2.97. The van der Waals surface area contributed by atoms with Crippen molar-refractivity contribution >= 4 is 34.8 Å². The van der Waals surface area contributed by atoms with Crippen LogP contribution in [0.25, 0.3) is 10.8 Å². The van der Waals surface area contributed by atoms with Crippen molar-refractivity contribution in [1.82, 2.24) is 9.80 Å². The highest BCUT2D eigenvalue weighted by Gasteiger charge is 2.23. The van der Waals surface area contributed by atoms with Crippen LogP contribution in [-0.2, 0) is 9.59 Å². The van der Waals surface area contributed by atoms with Crippen molar-refractivity contribution in [2.75, 3.05) is 82.4 Å². The lowest BCUT2D eigenvalue weighted by molar-refractivity contribution is -0.133. The molecule has 5 rings (SSSR count). The van der Waals surface area contributed by atoms with Crippen LogP contribution in [0, 0.1) is 0 Å². The maximum Gasteiger partial charge on any atom is 0.260 e. The third kappa shape index (κ3) is 6.37. The van der Waals surface area contributed by atoms with Gasteiger partial charge in [-0.25, -0.2) is 0 Å². The molecule has 0 bridgehead atoms. The molecule has 0 N–H and O–H groups in total. The Balaban J connectivity index is 0.00000164. The monoisotopic (exact) mass is 518 g/mol. The fourth-order valence-corrected chi connectivity index (χ4v) is 5.08. The molecule has 0 spiro atoms. The molecule has 8 nitrogen and oxygen atoms in total. The lowest BCUT2D eigenvalue weighted by Gasteiger charge is -2.36. The molecule has 0 aliphatic carbocycles. The third-order valence-corrected chi connectivity index (χ3v) is 7.18. The standard InChI is InChI=1S/C29H36N4O3.CH2O/c1-3-35-28-10-5-4-8-27(28)32-17-19-33(20-18-32)29(34)22-36-24-12-11-23-7-6-9-26(25(23)21-24)31-15-13-30(2)14-16-31;1-2/h4-12,21H,3,13-20,22H2,1-2H3;1H2. The molecule has 38 heavy (non-hydrogen) atoms. The molecule has 0 aromatic heterocycles. The van der Waals surface area contributed by atoms with E-state index in [2.05, 4.69) is 58.1 Å². The van der Waals surface area contributed by atoms with Gasteiger partial charge < -0.3 is 33.9 Å². The number of benzene rings is 3. The topological polar surface area (TPSA) is 65.6 Å². The number of rotatable bonds is 7. The van der Waals surface area contributed by atoms with E-state index in [4.69, 9.17) is 14.3 Å². The Bertz CT molecular complexity index is 1200. The van der Waals surface area contributed by atoms with Crippen LogP contribution in [0.1, 0.15) is 6.92 Å². The second-order valence-electron chi connectivity index (χ2n) is 9.51. The maximum absolute atomic E-state index is 12.9. The van der Waals surface area contributed by atoms with E-state index in [1.54, 1.807) is 0 Å². The Labute approximate surface area is 225 Å². The molecule has 3 aromatic carbocycles. The van der Waals surface area contributed by atoms with Crippen molar-refractivity contribution in [2.24, 2.45) is 0 Å². The van der Waals surface area contributed by atoms with E-state index in [9.17, 15) is 4.79 Å². The summed E-state index contributed by atoms with van der Waals surface area (Å²) in [6.45, 7) is 11.7. The van der Waals surface area contributed by atoms with E-state index in [0.29, 0.717) is 19.7 Å². The van der Waals surface area contributed by atoms with Gasteiger partial charge in [0.05, 0.1) is 12.3 Å². The molecule has 202 valence electrons. The summed E-state index contributed by atoms with van der Waals surface area (Å²) in [5.74, 6) is 1.66. The Morgan fingerprint density at radius 1 is 0.789 bits per heavy atom. The molecule has 2 heterocycles. The number of anilines is 2. The van der Waals surface area contributed by atoms with Crippen molar-refractivity contribution in [1.29, 1.82) is 0 Å². The second-order valence-corrected chi connectivity index (χ2v) is 9.51.